The van der Waals surface area contributed by atoms with Crippen molar-refractivity contribution in [2.45, 2.75) is 25.7 Å². The fourth-order valence-corrected chi connectivity index (χ4v) is 2.59. The number of hydrogen-bond donors (Lipinski definition) is 1. The number of rotatable bonds is 3. The summed E-state index contributed by atoms with van der Waals surface area (Å²) < 4.78 is 40.1. The average Bonchev–Trinajstić information content (AvgIpc) is 2.21. The molecule has 0 atom stereocenters. The smallest absolute Gasteiger partial charge is 0.304 e. The Kier molecular flexibility index (Phi) is 4.33. The monoisotopic (exact) mass is 344 g/mol. The maximum Gasteiger partial charge on any atom is 0.304 e. The second-order valence-corrected chi connectivity index (χ2v) is 5.57. The molecule has 2 nitrogen and oxygen atoms in total. The molecule has 1 aromatic carbocycles. The normalized spacial score (nSPS) is 11.7. The lowest BCUT2D eigenvalue weighted by atomic mass is 9.81. The molecule has 0 unspecified atom stereocenters. The summed E-state index contributed by atoms with van der Waals surface area (Å²) in [6.07, 6.45) is -0.510. The summed E-state index contributed by atoms with van der Waals surface area (Å²) in [5.41, 5.74) is -1.82. The van der Waals surface area contributed by atoms with E-state index in [1.165, 1.54) is 13.8 Å². The molecule has 1 rings (SSSR count). The molecule has 0 radical (unpaired) electrons. The maximum absolute atomic E-state index is 13.8. The van der Waals surface area contributed by atoms with Gasteiger partial charge in [-0.25, -0.2) is 13.2 Å². The second kappa shape index (κ2) is 5.09. The fourth-order valence-electron chi connectivity index (χ4n) is 1.67. The molecule has 0 heterocycles. The van der Waals surface area contributed by atoms with Crippen LogP contribution < -0.4 is 0 Å². The van der Waals surface area contributed by atoms with Crippen molar-refractivity contribution < 1.29 is 23.1 Å². The molecule has 0 aliphatic heterocycles. The van der Waals surface area contributed by atoms with Gasteiger partial charge >= 0.3 is 5.97 Å². The highest BCUT2D eigenvalue weighted by molar-refractivity contribution is 9.10. The van der Waals surface area contributed by atoms with Crippen molar-refractivity contribution in [3.63, 3.8) is 0 Å². The van der Waals surface area contributed by atoms with Crippen LogP contribution in [-0.2, 0) is 10.2 Å². The van der Waals surface area contributed by atoms with Crippen LogP contribution in [0.1, 0.15) is 25.8 Å². The van der Waals surface area contributed by atoms with E-state index in [9.17, 15) is 18.0 Å². The van der Waals surface area contributed by atoms with E-state index in [0.717, 1.165) is 0 Å². The predicted molar refractivity (Wildman–Crippen MR) is 64.3 cm³/mol. The van der Waals surface area contributed by atoms with E-state index in [0.29, 0.717) is 0 Å². The van der Waals surface area contributed by atoms with Crippen LogP contribution in [0.25, 0.3) is 0 Å². The first-order valence-corrected chi connectivity index (χ1v) is 6.00. The van der Waals surface area contributed by atoms with Gasteiger partial charge in [0.2, 0.25) is 0 Å². The molecule has 7 heteroatoms. The van der Waals surface area contributed by atoms with Gasteiger partial charge in [0.05, 0.1) is 15.9 Å². The number of carboxylic acid groups (broad SMARTS) is 1. The SMILES string of the molecule is CC(C)(CC(=O)O)c1c(F)c(F)c(Br)c(F)c1Cl. The average molecular weight is 346 g/mol. The van der Waals surface area contributed by atoms with Crippen molar-refractivity contribution in [2.75, 3.05) is 0 Å². The summed E-state index contributed by atoms with van der Waals surface area (Å²) in [4.78, 5) is 10.7. The van der Waals surface area contributed by atoms with E-state index in [2.05, 4.69) is 15.9 Å². The standard InChI is InChI=1S/C11H9BrClF3O2/c1-11(2,3-4(17)18)5-7(13)9(15)6(12)10(16)8(5)14/h3H2,1-2H3,(H,17,18). The van der Waals surface area contributed by atoms with Crippen molar-refractivity contribution in [1.82, 2.24) is 0 Å². The zero-order valence-electron chi connectivity index (χ0n) is 9.45. The summed E-state index contributed by atoms with van der Waals surface area (Å²) in [5.74, 6) is -5.15. The Hall–Kier alpha value is -0.750. The quantitative estimate of drug-likeness (QED) is 0.656. The Balaban J connectivity index is 3.55. The van der Waals surface area contributed by atoms with Gasteiger partial charge in [0.1, 0.15) is 0 Å². The van der Waals surface area contributed by atoms with Gasteiger partial charge in [-0.1, -0.05) is 25.4 Å². The van der Waals surface area contributed by atoms with Gasteiger partial charge in [0.15, 0.2) is 17.5 Å². The van der Waals surface area contributed by atoms with E-state index >= 15 is 0 Å². The lowest BCUT2D eigenvalue weighted by Gasteiger charge is -2.25. The molecule has 0 amide bonds. The summed E-state index contributed by atoms with van der Waals surface area (Å²) in [5, 5.41) is 8.10. The molecule has 0 spiro atoms. The first kappa shape index (κ1) is 15.3. The molecular formula is C11H9BrClF3O2. The molecule has 0 saturated heterocycles. The third kappa shape index (κ3) is 2.64. The maximum atomic E-state index is 13.8. The zero-order chi connectivity index (χ0) is 14.2. The Morgan fingerprint density at radius 1 is 1.28 bits per heavy atom. The van der Waals surface area contributed by atoms with Gasteiger partial charge in [-0.2, -0.15) is 0 Å². The van der Waals surface area contributed by atoms with Gasteiger partial charge < -0.3 is 5.11 Å². The van der Waals surface area contributed by atoms with E-state index in [-0.39, 0.29) is 0 Å². The van der Waals surface area contributed by atoms with Gasteiger partial charge in [0, 0.05) is 11.0 Å². The molecule has 0 aromatic heterocycles. The van der Waals surface area contributed by atoms with Crippen molar-refractivity contribution in [3.05, 3.63) is 32.5 Å². The number of aliphatic carboxylic acids is 1. The van der Waals surface area contributed by atoms with E-state index in [1.807, 2.05) is 0 Å². The highest BCUT2D eigenvalue weighted by Crippen LogP contribution is 2.40. The van der Waals surface area contributed by atoms with Crippen LogP contribution in [0.3, 0.4) is 0 Å². The molecule has 1 N–H and O–H groups in total. The first-order chi connectivity index (χ1) is 8.09. The minimum Gasteiger partial charge on any atom is -0.481 e. The molecule has 18 heavy (non-hydrogen) atoms. The summed E-state index contributed by atoms with van der Waals surface area (Å²) in [6.45, 7) is 2.69. The van der Waals surface area contributed by atoms with E-state index in [4.69, 9.17) is 16.7 Å². The topological polar surface area (TPSA) is 37.3 Å². The second-order valence-electron chi connectivity index (χ2n) is 4.40. The lowest BCUT2D eigenvalue weighted by Crippen LogP contribution is -2.25. The minimum absolute atomic E-state index is 0.482. The largest absolute Gasteiger partial charge is 0.481 e. The Morgan fingerprint density at radius 2 is 1.78 bits per heavy atom. The van der Waals surface area contributed by atoms with Crippen LogP contribution in [0, 0.1) is 17.5 Å². The van der Waals surface area contributed by atoms with Crippen molar-refractivity contribution >= 4 is 33.5 Å². The van der Waals surface area contributed by atoms with Crippen LogP contribution in [-0.4, -0.2) is 11.1 Å². The fraction of sp³-hybridized carbons (Fsp3) is 0.364. The number of carboxylic acids is 1. The molecular weight excluding hydrogens is 336 g/mol. The number of benzene rings is 1. The Bertz CT molecular complexity index is 488. The van der Waals surface area contributed by atoms with Crippen LogP contribution >= 0.6 is 27.5 Å². The molecule has 0 aliphatic carbocycles. The van der Waals surface area contributed by atoms with Crippen LogP contribution in [0.2, 0.25) is 5.02 Å². The molecule has 100 valence electrons. The van der Waals surface area contributed by atoms with Crippen molar-refractivity contribution in [2.24, 2.45) is 0 Å². The Labute approximate surface area is 115 Å². The number of carbonyl (C=O) groups is 1. The lowest BCUT2D eigenvalue weighted by molar-refractivity contribution is -0.138. The van der Waals surface area contributed by atoms with E-state index < -0.39 is 50.3 Å². The van der Waals surface area contributed by atoms with Crippen LogP contribution in [0.15, 0.2) is 4.47 Å². The summed E-state index contributed by atoms with van der Waals surface area (Å²) in [7, 11) is 0. The molecule has 0 saturated carbocycles. The van der Waals surface area contributed by atoms with Gasteiger partial charge in [-0.15, -0.1) is 0 Å². The first-order valence-electron chi connectivity index (χ1n) is 4.83. The third-order valence-electron chi connectivity index (χ3n) is 2.48. The molecule has 1 aromatic rings. The summed E-state index contributed by atoms with van der Waals surface area (Å²) in [6, 6.07) is 0. The number of halogens is 5. The van der Waals surface area contributed by atoms with Crippen molar-refractivity contribution in [3.8, 4) is 0 Å². The molecule has 0 aliphatic rings. The summed E-state index contributed by atoms with van der Waals surface area (Å²) >= 11 is 8.18. The van der Waals surface area contributed by atoms with Gasteiger partial charge in [-0.3, -0.25) is 4.79 Å². The van der Waals surface area contributed by atoms with E-state index in [1.54, 1.807) is 0 Å². The highest BCUT2D eigenvalue weighted by Gasteiger charge is 2.34. The minimum atomic E-state index is -1.43. The predicted octanol–water partition coefficient (Wildman–Crippen LogP) is 4.27. The Morgan fingerprint density at radius 3 is 2.22 bits per heavy atom. The van der Waals surface area contributed by atoms with Gasteiger partial charge in [0.25, 0.3) is 0 Å². The third-order valence-corrected chi connectivity index (χ3v) is 3.53. The molecule has 0 bridgehead atoms. The number of hydrogen-bond acceptors (Lipinski definition) is 1. The highest BCUT2D eigenvalue weighted by atomic mass is 79.9. The van der Waals surface area contributed by atoms with Gasteiger partial charge in [-0.05, 0) is 15.9 Å². The van der Waals surface area contributed by atoms with Crippen LogP contribution in [0.5, 0.6) is 0 Å². The molecule has 0 fully saturated rings. The van der Waals surface area contributed by atoms with Crippen molar-refractivity contribution in [1.29, 1.82) is 0 Å². The zero-order valence-corrected chi connectivity index (χ0v) is 11.8. The van der Waals surface area contributed by atoms with Crippen LogP contribution in [0.4, 0.5) is 13.2 Å².